The van der Waals surface area contributed by atoms with Crippen molar-refractivity contribution in [2.45, 2.75) is 6.54 Å². The van der Waals surface area contributed by atoms with Gasteiger partial charge in [0.05, 0.1) is 10.2 Å². The zero-order chi connectivity index (χ0) is 16.2. The van der Waals surface area contributed by atoms with Gasteiger partial charge >= 0.3 is 12.1 Å². The Morgan fingerprint density at radius 2 is 2.17 bits per heavy atom. The molecule has 3 aromatic rings. The van der Waals surface area contributed by atoms with Crippen LogP contribution in [0.5, 0.6) is 0 Å². The fourth-order valence-electron chi connectivity index (χ4n) is 1.90. The molecule has 116 valence electrons. The van der Waals surface area contributed by atoms with Crippen LogP contribution in [-0.4, -0.2) is 27.0 Å². The highest BCUT2D eigenvalue weighted by Crippen LogP contribution is 2.24. The number of rotatable bonds is 4. The predicted octanol–water partition coefficient (Wildman–Crippen LogP) is 1.93. The minimum absolute atomic E-state index is 0.00233. The summed E-state index contributed by atoms with van der Waals surface area (Å²) in [4.78, 5) is 35.2. The van der Waals surface area contributed by atoms with Crippen LogP contribution in [0.25, 0.3) is 10.2 Å². The van der Waals surface area contributed by atoms with E-state index in [4.69, 9.17) is 5.73 Å². The van der Waals surface area contributed by atoms with Gasteiger partial charge in [0.15, 0.2) is 5.69 Å². The number of nitrogens with two attached hydrogens (primary N) is 1. The molecule has 3 heterocycles. The van der Waals surface area contributed by atoms with Gasteiger partial charge in [-0.3, -0.25) is 4.98 Å². The van der Waals surface area contributed by atoms with Crippen molar-refractivity contribution in [3.8, 4) is 0 Å². The van der Waals surface area contributed by atoms with Crippen LogP contribution < -0.4 is 11.1 Å². The van der Waals surface area contributed by atoms with Crippen LogP contribution in [0.4, 0.5) is 10.7 Å². The van der Waals surface area contributed by atoms with E-state index in [-0.39, 0.29) is 11.6 Å². The maximum Gasteiger partial charge on any atom is 0.412 e. The molecule has 0 aliphatic rings. The number of carbonyl (C=O) groups is 2. The molecule has 0 unspecified atom stereocenters. The topological polar surface area (TPSA) is 120 Å². The number of ether oxygens (including phenoxy) is 1. The number of thiophene rings is 1. The third-order valence-corrected chi connectivity index (χ3v) is 3.77. The Hall–Kier alpha value is -3.07. The molecule has 0 fully saturated rings. The fourth-order valence-corrected chi connectivity index (χ4v) is 2.71. The van der Waals surface area contributed by atoms with Crippen molar-refractivity contribution in [2.24, 2.45) is 5.73 Å². The van der Waals surface area contributed by atoms with Crippen LogP contribution in [0, 0.1) is 0 Å². The first-order valence-corrected chi connectivity index (χ1v) is 7.41. The summed E-state index contributed by atoms with van der Waals surface area (Å²) in [5, 5.41) is 4.78. The van der Waals surface area contributed by atoms with Crippen molar-refractivity contribution >= 4 is 39.6 Å². The van der Waals surface area contributed by atoms with E-state index in [0.29, 0.717) is 16.8 Å². The summed E-state index contributed by atoms with van der Waals surface area (Å²) in [6.07, 6.45) is 2.21. The van der Waals surface area contributed by atoms with E-state index < -0.39 is 12.1 Å². The van der Waals surface area contributed by atoms with E-state index in [0.717, 1.165) is 5.56 Å². The van der Waals surface area contributed by atoms with Crippen molar-refractivity contribution in [1.82, 2.24) is 15.0 Å². The van der Waals surface area contributed by atoms with Gasteiger partial charge in [-0.25, -0.2) is 19.6 Å². The molecule has 8 nitrogen and oxygen atoms in total. The number of nitrogens with zero attached hydrogens (tertiary/aromatic N) is 3. The molecule has 3 aromatic heterocycles. The number of anilines is 1. The van der Waals surface area contributed by atoms with Crippen LogP contribution in [-0.2, 0) is 11.3 Å². The Morgan fingerprint density at radius 3 is 2.91 bits per heavy atom. The standard InChI is InChI=1S/C14H11N5O3S/c15-13(21)22-12(20)10-11-9(3-5-23-11)18-14(19-10)17-7-8-2-1-4-16-6-8/h1-6H,7H2,(H2,15,21)(H,17,18,19). The summed E-state index contributed by atoms with van der Waals surface area (Å²) in [7, 11) is 0. The van der Waals surface area contributed by atoms with Crippen LogP contribution in [0.1, 0.15) is 16.1 Å². The Kier molecular flexibility index (Phi) is 4.11. The van der Waals surface area contributed by atoms with E-state index >= 15 is 0 Å². The van der Waals surface area contributed by atoms with Crippen molar-refractivity contribution in [3.63, 3.8) is 0 Å². The quantitative estimate of drug-likeness (QED) is 0.554. The Balaban J connectivity index is 1.89. The van der Waals surface area contributed by atoms with Crippen LogP contribution >= 0.6 is 11.3 Å². The van der Waals surface area contributed by atoms with E-state index in [1.165, 1.54) is 11.3 Å². The molecule has 9 heteroatoms. The summed E-state index contributed by atoms with van der Waals surface area (Å²) in [5.74, 6) is -0.659. The van der Waals surface area contributed by atoms with E-state index in [1.54, 1.807) is 23.8 Å². The first kappa shape index (κ1) is 14.9. The molecule has 0 aliphatic carbocycles. The average Bonchev–Trinajstić information content (AvgIpc) is 3.00. The van der Waals surface area contributed by atoms with Crippen molar-refractivity contribution < 1.29 is 14.3 Å². The van der Waals surface area contributed by atoms with Crippen LogP contribution in [0.2, 0.25) is 0 Å². The zero-order valence-electron chi connectivity index (χ0n) is 11.7. The van der Waals surface area contributed by atoms with Gasteiger partial charge < -0.3 is 15.8 Å². The number of fused-ring (bicyclic) bond motifs is 1. The summed E-state index contributed by atoms with van der Waals surface area (Å²) < 4.78 is 4.94. The van der Waals surface area contributed by atoms with Gasteiger partial charge in [-0.15, -0.1) is 11.3 Å². The lowest BCUT2D eigenvalue weighted by molar-refractivity contribution is 0.0634. The maximum atomic E-state index is 11.9. The smallest absolute Gasteiger partial charge is 0.371 e. The molecule has 0 radical (unpaired) electrons. The van der Waals surface area contributed by atoms with Crippen molar-refractivity contribution in [1.29, 1.82) is 0 Å². The lowest BCUT2D eigenvalue weighted by Crippen LogP contribution is -2.20. The molecule has 0 saturated heterocycles. The first-order valence-electron chi connectivity index (χ1n) is 6.53. The summed E-state index contributed by atoms with van der Waals surface area (Å²) >= 11 is 1.28. The molecule has 0 spiro atoms. The normalized spacial score (nSPS) is 10.4. The number of carbonyl (C=O) groups excluding carboxylic acids is 2. The highest BCUT2D eigenvalue weighted by molar-refractivity contribution is 7.17. The zero-order valence-corrected chi connectivity index (χ0v) is 12.5. The van der Waals surface area contributed by atoms with E-state index in [9.17, 15) is 9.59 Å². The van der Waals surface area contributed by atoms with E-state index in [1.807, 2.05) is 12.1 Å². The minimum Gasteiger partial charge on any atom is -0.371 e. The molecular formula is C14H11N5O3S. The van der Waals surface area contributed by atoms with Gasteiger partial charge in [0.25, 0.3) is 0 Å². The number of aromatic nitrogens is 3. The molecule has 0 bridgehead atoms. The fraction of sp³-hybridized carbons (Fsp3) is 0.0714. The number of nitrogens with one attached hydrogen (secondary N) is 1. The molecule has 0 saturated carbocycles. The maximum absolute atomic E-state index is 11.9. The molecule has 1 amide bonds. The predicted molar refractivity (Wildman–Crippen MR) is 84.0 cm³/mol. The number of pyridine rings is 1. The van der Waals surface area contributed by atoms with Crippen LogP contribution in [0.3, 0.4) is 0 Å². The van der Waals surface area contributed by atoms with Gasteiger partial charge in [-0.1, -0.05) is 6.07 Å². The number of primary amides is 1. The van der Waals surface area contributed by atoms with Crippen molar-refractivity contribution in [3.05, 3.63) is 47.2 Å². The monoisotopic (exact) mass is 329 g/mol. The number of hydrogen-bond acceptors (Lipinski definition) is 8. The second kappa shape index (κ2) is 6.36. The van der Waals surface area contributed by atoms with Crippen molar-refractivity contribution in [2.75, 3.05) is 5.32 Å². The number of esters is 1. The summed E-state index contributed by atoms with van der Waals surface area (Å²) in [6.45, 7) is 0.438. The van der Waals surface area contributed by atoms with Crippen LogP contribution in [0.15, 0.2) is 36.0 Å². The van der Waals surface area contributed by atoms with E-state index in [2.05, 4.69) is 25.0 Å². The number of amides is 1. The highest BCUT2D eigenvalue weighted by Gasteiger charge is 2.19. The lowest BCUT2D eigenvalue weighted by Gasteiger charge is -2.07. The first-order chi connectivity index (χ1) is 11.1. The number of hydrogen-bond donors (Lipinski definition) is 2. The summed E-state index contributed by atoms with van der Waals surface area (Å²) in [5.41, 5.74) is 6.39. The molecule has 3 rings (SSSR count). The average molecular weight is 329 g/mol. The second-order valence-corrected chi connectivity index (χ2v) is 5.37. The van der Waals surface area contributed by atoms with Gasteiger partial charge in [-0.2, -0.15) is 0 Å². The Labute approximate surface area is 134 Å². The summed E-state index contributed by atoms with van der Waals surface area (Å²) in [6, 6.07) is 5.46. The molecule has 23 heavy (non-hydrogen) atoms. The molecule has 0 aliphatic heterocycles. The Bertz CT molecular complexity index is 865. The largest absolute Gasteiger partial charge is 0.412 e. The molecular weight excluding hydrogens is 318 g/mol. The SMILES string of the molecule is NC(=O)OC(=O)c1nc(NCc2cccnc2)nc2ccsc12. The minimum atomic E-state index is -1.18. The van der Waals surface area contributed by atoms with Gasteiger partial charge in [-0.05, 0) is 23.1 Å². The lowest BCUT2D eigenvalue weighted by atomic mass is 10.3. The molecule has 0 aromatic carbocycles. The third-order valence-electron chi connectivity index (χ3n) is 2.86. The van der Waals surface area contributed by atoms with Gasteiger partial charge in [0, 0.05) is 18.9 Å². The third kappa shape index (κ3) is 3.40. The second-order valence-electron chi connectivity index (χ2n) is 4.45. The Morgan fingerprint density at radius 1 is 1.30 bits per heavy atom. The molecule has 3 N–H and O–H groups in total. The molecule has 0 atom stereocenters. The highest BCUT2D eigenvalue weighted by atomic mass is 32.1. The van der Waals surface area contributed by atoms with Gasteiger partial charge in [0.2, 0.25) is 5.95 Å². The van der Waals surface area contributed by atoms with Gasteiger partial charge in [0.1, 0.15) is 0 Å².